The number of carbonyl (C=O) groups excluding carboxylic acids is 1. The van der Waals surface area contributed by atoms with E-state index < -0.39 is 6.10 Å². The molecule has 0 aliphatic rings. The van der Waals surface area contributed by atoms with Crippen LogP contribution in [0.25, 0.3) is 10.2 Å². The van der Waals surface area contributed by atoms with Crippen molar-refractivity contribution >= 4 is 44.7 Å². The fourth-order valence-corrected chi connectivity index (χ4v) is 3.35. The van der Waals surface area contributed by atoms with Crippen LogP contribution in [0.4, 0.5) is 5.69 Å². The lowest BCUT2D eigenvalue weighted by atomic mass is 10.2. The third-order valence-electron chi connectivity index (χ3n) is 3.54. The number of hydrogen-bond acceptors (Lipinski definition) is 4. The van der Waals surface area contributed by atoms with Crippen LogP contribution in [0.15, 0.2) is 47.3 Å². The maximum absolute atomic E-state index is 12.3. The molecule has 1 aromatic heterocycles. The Hall–Kier alpha value is -2.31. The molecule has 0 saturated carbocycles. The number of benzene rings is 2. The molecule has 1 N–H and O–H groups in total. The molecule has 0 aliphatic heterocycles. The first-order chi connectivity index (χ1) is 11.4. The van der Waals surface area contributed by atoms with Crippen LogP contribution in [0.1, 0.15) is 6.92 Å². The molecule has 124 valence electrons. The highest BCUT2D eigenvalue weighted by Crippen LogP contribution is 2.22. The van der Waals surface area contributed by atoms with Gasteiger partial charge in [-0.3, -0.25) is 9.59 Å². The molecule has 3 rings (SSSR count). The molecule has 24 heavy (non-hydrogen) atoms. The Balaban J connectivity index is 1.73. The van der Waals surface area contributed by atoms with Crippen molar-refractivity contribution in [3.63, 3.8) is 0 Å². The monoisotopic (exact) mass is 362 g/mol. The van der Waals surface area contributed by atoms with Crippen LogP contribution in [0.5, 0.6) is 5.75 Å². The van der Waals surface area contributed by atoms with Gasteiger partial charge in [-0.2, -0.15) is 0 Å². The quantitative estimate of drug-likeness (QED) is 0.770. The lowest BCUT2D eigenvalue weighted by molar-refractivity contribution is -0.122. The SMILES string of the molecule is CC(Oc1cccc(Cl)c1)C(=O)Nc1ccc2c(c1)sc(=O)n2C. The molecule has 1 atom stereocenters. The molecule has 0 aliphatic carbocycles. The van der Waals surface area contributed by atoms with Crippen LogP contribution >= 0.6 is 22.9 Å². The van der Waals surface area contributed by atoms with E-state index in [0.717, 1.165) is 21.6 Å². The normalized spacial score (nSPS) is 12.1. The van der Waals surface area contributed by atoms with E-state index in [0.29, 0.717) is 16.5 Å². The van der Waals surface area contributed by atoms with Crippen molar-refractivity contribution in [2.24, 2.45) is 7.05 Å². The summed E-state index contributed by atoms with van der Waals surface area (Å²) in [5, 5.41) is 3.34. The first-order valence-corrected chi connectivity index (χ1v) is 8.46. The number of aryl methyl sites for hydroxylation is 1. The van der Waals surface area contributed by atoms with Crippen molar-refractivity contribution in [3.05, 3.63) is 57.2 Å². The van der Waals surface area contributed by atoms with Crippen LogP contribution in [0, 0.1) is 0 Å². The van der Waals surface area contributed by atoms with Gasteiger partial charge in [0.25, 0.3) is 5.91 Å². The number of aromatic nitrogens is 1. The molecule has 0 bridgehead atoms. The summed E-state index contributed by atoms with van der Waals surface area (Å²) in [6.07, 6.45) is -0.686. The van der Waals surface area contributed by atoms with Crippen molar-refractivity contribution in [1.29, 1.82) is 0 Å². The van der Waals surface area contributed by atoms with Crippen molar-refractivity contribution in [1.82, 2.24) is 4.57 Å². The van der Waals surface area contributed by atoms with Gasteiger partial charge in [0.15, 0.2) is 6.10 Å². The maximum atomic E-state index is 12.3. The minimum Gasteiger partial charge on any atom is -0.481 e. The molecular weight excluding hydrogens is 348 g/mol. The fourth-order valence-electron chi connectivity index (χ4n) is 2.25. The summed E-state index contributed by atoms with van der Waals surface area (Å²) >= 11 is 7.04. The van der Waals surface area contributed by atoms with Gasteiger partial charge in [-0.15, -0.1) is 0 Å². The number of amides is 1. The average Bonchev–Trinajstić information content (AvgIpc) is 2.81. The second kappa shape index (κ2) is 6.67. The third kappa shape index (κ3) is 3.44. The summed E-state index contributed by atoms with van der Waals surface area (Å²) in [5.41, 5.74) is 1.46. The summed E-state index contributed by atoms with van der Waals surface area (Å²) in [6.45, 7) is 1.66. The van der Waals surface area contributed by atoms with E-state index in [4.69, 9.17) is 16.3 Å². The summed E-state index contributed by atoms with van der Waals surface area (Å²) < 4.78 is 7.99. The van der Waals surface area contributed by atoms with E-state index in [1.54, 1.807) is 54.9 Å². The smallest absolute Gasteiger partial charge is 0.307 e. The number of halogens is 1. The van der Waals surface area contributed by atoms with E-state index in [9.17, 15) is 9.59 Å². The predicted octanol–water partition coefficient (Wildman–Crippen LogP) is 3.66. The highest BCUT2D eigenvalue weighted by molar-refractivity contribution is 7.16. The van der Waals surface area contributed by atoms with Gasteiger partial charge >= 0.3 is 4.87 Å². The van der Waals surface area contributed by atoms with Gasteiger partial charge in [-0.25, -0.2) is 0 Å². The van der Waals surface area contributed by atoms with E-state index in [1.165, 1.54) is 0 Å². The standard InChI is InChI=1S/C17H15ClN2O3S/c1-10(23-13-5-3-4-11(18)8-13)16(21)19-12-6-7-14-15(9-12)24-17(22)20(14)2/h3-10H,1-2H3,(H,19,21). The van der Waals surface area contributed by atoms with Gasteiger partial charge in [-0.05, 0) is 43.3 Å². The Morgan fingerprint density at radius 2 is 2.08 bits per heavy atom. The van der Waals surface area contributed by atoms with Crippen LogP contribution in [0.3, 0.4) is 0 Å². The molecule has 7 heteroatoms. The van der Waals surface area contributed by atoms with Crippen molar-refractivity contribution in [2.75, 3.05) is 5.32 Å². The molecule has 0 fully saturated rings. The molecule has 0 saturated heterocycles. The lowest BCUT2D eigenvalue weighted by Gasteiger charge is -2.15. The number of nitrogens with zero attached hydrogens (tertiary/aromatic N) is 1. The fraction of sp³-hybridized carbons (Fsp3) is 0.176. The number of carbonyl (C=O) groups is 1. The molecule has 1 heterocycles. The molecular formula is C17H15ClN2O3S. The summed E-state index contributed by atoms with van der Waals surface area (Å²) in [7, 11) is 1.72. The molecule has 2 aromatic carbocycles. The first-order valence-electron chi connectivity index (χ1n) is 7.27. The topological polar surface area (TPSA) is 60.3 Å². The Labute approximate surface area is 147 Å². The average molecular weight is 363 g/mol. The molecule has 3 aromatic rings. The number of thiazole rings is 1. The molecule has 0 spiro atoms. The van der Waals surface area contributed by atoms with Gasteiger partial charge in [-0.1, -0.05) is 29.0 Å². The predicted molar refractivity (Wildman–Crippen MR) is 97.2 cm³/mol. The highest BCUT2D eigenvalue weighted by Gasteiger charge is 2.15. The van der Waals surface area contributed by atoms with E-state index in [-0.39, 0.29) is 10.8 Å². The van der Waals surface area contributed by atoms with Crippen LogP contribution in [0.2, 0.25) is 5.02 Å². The zero-order valence-electron chi connectivity index (χ0n) is 13.1. The lowest BCUT2D eigenvalue weighted by Crippen LogP contribution is -2.30. The molecule has 1 unspecified atom stereocenters. The van der Waals surface area contributed by atoms with Gasteiger partial charge in [0.1, 0.15) is 5.75 Å². The molecule has 5 nitrogen and oxygen atoms in total. The summed E-state index contributed by atoms with van der Waals surface area (Å²) in [5.74, 6) is 0.250. The number of anilines is 1. The van der Waals surface area contributed by atoms with Gasteiger partial charge < -0.3 is 14.6 Å². The second-order valence-electron chi connectivity index (χ2n) is 5.32. The highest BCUT2D eigenvalue weighted by atomic mass is 35.5. The van der Waals surface area contributed by atoms with Crippen molar-refractivity contribution < 1.29 is 9.53 Å². The zero-order valence-corrected chi connectivity index (χ0v) is 14.6. The Bertz CT molecular complexity index is 964. The maximum Gasteiger partial charge on any atom is 0.307 e. The minimum absolute atomic E-state index is 0.0360. The van der Waals surface area contributed by atoms with E-state index in [1.807, 2.05) is 6.07 Å². The van der Waals surface area contributed by atoms with E-state index >= 15 is 0 Å². The zero-order chi connectivity index (χ0) is 17.3. The number of fused-ring (bicyclic) bond motifs is 1. The van der Waals surface area contributed by atoms with Gasteiger partial charge in [0.05, 0.1) is 10.2 Å². The second-order valence-corrected chi connectivity index (χ2v) is 6.75. The van der Waals surface area contributed by atoms with Crippen LogP contribution in [-0.2, 0) is 11.8 Å². The first kappa shape index (κ1) is 16.5. The summed E-state index contributed by atoms with van der Waals surface area (Å²) in [6, 6.07) is 12.2. The largest absolute Gasteiger partial charge is 0.481 e. The van der Waals surface area contributed by atoms with Crippen molar-refractivity contribution in [2.45, 2.75) is 13.0 Å². The van der Waals surface area contributed by atoms with E-state index in [2.05, 4.69) is 5.32 Å². The minimum atomic E-state index is -0.686. The third-order valence-corrected chi connectivity index (χ3v) is 4.77. The number of hydrogen-bond donors (Lipinski definition) is 1. The Kier molecular flexibility index (Phi) is 4.59. The molecule has 1 amide bonds. The van der Waals surface area contributed by atoms with Gasteiger partial charge in [0, 0.05) is 17.8 Å². The van der Waals surface area contributed by atoms with Gasteiger partial charge in [0.2, 0.25) is 0 Å². The Morgan fingerprint density at radius 3 is 2.83 bits per heavy atom. The molecule has 0 radical (unpaired) electrons. The van der Waals surface area contributed by atoms with Crippen LogP contribution < -0.4 is 14.9 Å². The number of ether oxygens (including phenoxy) is 1. The van der Waals surface area contributed by atoms with Crippen molar-refractivity contribution in [3.8, 4) is 5.75 Å². The Morgan fingerprint density at radius 1 is 1.29 bits per heavy atom. The number of nitrogens with one attached hydrogen (secondary N) is 1. The van der Waals surface area contributed by atoms with Crippen LogP contribution in [-0.4, -0.2) is 16.6 Å². The summed E-state index contributed by atoms with van der Waals surface area (Å²) in [4.78, 5) is 23.9. The number of rotatable bonds is 4.